The second kappa shape index (κ2) is 20.0. The Morgan fingerprint density at radius 2 is 1.58 bits per heavy atom. The summed E-state index contributed by atoms with van der Waals surface area (Å²) in [5, 5.41) is 9.29. The van der Waals surface area contributed by atoms with Gasteiger partial charge < -0.3 is 23.8 Å². The fourth-order valence-electron chi connectivity index (χ4n) is 6.71. The molecule has 17 heteroatoms. The van der Waals surface area contributed by atoms with E-state index in [0.717, 1.165) is 50.5 Å². The molecule has 0 radical (unpaired) electrons. The molecule has 0 saturated heterocycles. The van der Waals surface area contributed by atoms with E-state index in [9.17, 15) is 9.59 Å². The number of alkyl halides is 1. The SMILES string of the molecule is CCOC(=O)C(F)C1CCC(c2nc3c(-c4ccc(-c5cnn(CCOC(C)=O)c5)nc4)cnn3c(N(COCC[Si](C)(C)C)COCC[Si](C)(C)C)c2Br)CC1. The number of carbonyl (C=O) groups is 2. The Morgan fingerprint density at radius 1 is 0.912 bits per heavy atom. The highest BCUT2D eigenvalue weighted by atomic mass is 79.9. The number of ether oxygens (including phenoxy) is 4. The topological polar surface area (TPSA) is 135 Å². The van der Waals surface area contributed by atoms with Crippen LogP contribution in [0, 0.1) is 5.92 Å². The van der Waals surface area contributed by atoms with Crippen LogP contribution < -0.4 is 4.90 Å². The Kier molecular flexibility index (Phi) is 15.6. The summed E-state index contributed by atoms with van der Waals surface area (Å²) >= 11 is 3.98. The Hall–Kier alpha value is -3.52. The van der Waals surface area contributed by atoms with Crippen LogP contribution in [0.4, 0.5) is 10.2 Å². The van der Waals surface area contributed by atoms with E-state index in [-0.39, 0.29) is 25.1 Å². The van der Waals surface area contributed by atoms with Gasteiger partial charge in [-0.1, -0.05) is 45.3 Å². The first-order valence-corrected chi connectivity index (χ1v) is 28.2. The number of nitrogens with zero attached hydrogens (tertiary/aromatic N) is 7. The second-order valence-corrected chi connectivity index (χ2v) is 29.2. The zero-order chi connectivity index (χ0) is 41.3. The van der Waals surface area contributed by atoms with Crippen LogP contribution in [-0.4, -0.2) is 104 Å². The van der Waals surface area contributed by atoms with Gasteiger partial charge in [-0.25, -0.2) is 14.2 Å². The van der Waals surface area contributed by atoms with Gasteiger partial charge in [-0.05, 0) is 66.7 Å². The quantitative estimate of drug-likeness (QED) is 0.0366. The van der Waals surface area contributed by atoms with Crippen LogP contribution in [0.3, 0.4) is 0 Å². The summed E-state index contributed by atoms with van der Waals surface area (Å²) in [6, 6.07) is 6.00. The van der Waals surface area contributed by atoms with Crippen LogP contribution in [0.25, 0.3) is 28.0 Å². The molecule has 4 aromatic rings. The lowest BCUT2D eigenvalue weighted by molar-refractivity contribution is -0.151. The maximum atomic E-state index is 15.1. The van der Waals surface area contributed by atoms with Gasteiger partial charge in [0.25, 0.3) is 0 Å². The summed E-state index contributed by atoms with van der Waals surface area (Å²) in [6.07, 6.45) is 8.01. The third-order valence-electron chi connectivity index (χ3n) is 10.1. The van der Waals surface area contributed by atoms with Gasteiger partial charge in [0.2, 0.25) is 0 Å². The van der Waals surface area contributed by atoms with Crippen LogP contribution in [0.5, 0.6) is 0 Å². The number of pyridine rings is 1. The van der Waals surface area contributed by atoms with Gasteiger partial charge >= 0.3 is 11.9 Å². The Labute approximate surface area is 346 Å². The number of hydrogen-bond acceptors (Lipinski definition) is 11. The van der Waals surface area contributed by atoms with Crippen molar-refractivity contribution in [2.45, 2.75) is 110 Å². The smallest absolute Gasteiger partial charge is 0.341 e. The summed E-state index contributed by atoms with van der Waals surface area (Å²) in [5.41, 5.74) is 4.73. The monoisotopic (exact) mass is 887 g/mol. The maximum absolute atomic E-state index is 15.1. The standard InChI is InChI=1S/C40H59BrFN7O6Si2/c1-9-54-40(51)36(42)29-10-12-30(13-11-29)37-35(41)39(47(26-52-18-20-56(3,4)5)27-53-19-21-57(6,7)8)49-38(46-37)33(24-45-49)31-14-15-34(43-22-31)32-23-44-48(25-32)16-17-55-28(2)50/h14-15,22-25,29-30,36H,9-13,16-21,26-27H2,1-8H3. The molecule has 57 heavy (non-hydrogen) atoms. The highest BCUT2D eigenvalue weighted by molar-refractivity contribution is 9.10. The molecule has 0 N–H and O–H groups in total. The zero-order valence-electron chi connectivity index (χ0n) is 34.7. The Balaban J connectivity index is 1.50. The number of carbonyl (C=O) groups excluding carboxylic acids is 2. The van der Waals surface area contributed by atoms with E-state index in [0.29, 0.717) is 64.6 Å². The average Bonchev–Trinajstić information content (AvgIpc) is 3.81. The lowest BCUT2D eigenvalue weighted by Crippen LogP contribution is -2.34. The van der Waals surface area contributed by atoms with E-state index in [1.54, 1.807) is 17.8 Å². The predicted octanol–water partition coefficient (Wildman–Crippen LogP) is 8.59. The highest BCUT2D eigenvalue weighted by Crippen LogP contribution is 2.43. The molecule has 4 aromatic heterocycles. The van der Waals surface area contributed by atoms with Gasteiger partial charge in [0, 0.05) is 77.2 Å². The summed E-state index contributed by atoms with van der Waals surface area (Å²) in [6.45, 7) is 19.8. The molecular weight excluding hydrogens is 830 g/mol. The molecule has 13 nitrogen and oxygen atoms in total. The summed E-state index contributed by atoms with van der Waals surface area (Å²) in [7, 11) is -2.66. The Morgan fingerprint density at radius 3 is 2.16 bits per heavy atom. The predicted molar refractivity (Wildman–Crippen MR) is 228 cm³/mol. The minimum Gasteiger partial charge on any atom is -0.464 e. The molecule has 0 spiro atoms. The van der Waals surface area contributed by atoms with Crippen molar-refractivity contribution in [3.63, 3.8) is 0 Å². The number of hydrogen-bond donors (Lipinski definition) is 0. The molecule has 1 fully saturated rings. The van der Waals surface area contributed by atoms with Crippen molar-refractivity contribution in [1.29, 1.82) is 0 Å². The number of rotatable bonds is 20. The van der Waals surface area contributed by atoms with Gasteiger partial charge in [-0.3, -0.25) is 14.5 Å². The van der Waals surface area contributed by atoms with Crippen LogP contribution in [0.2, 0.25) is 51.4 Å². The Bertz CT molecular complexity index is 1920. The number of fused-ring (bicyclic) bond motifs is 1. The summed E-state index contributed by atoms with van der Waals surface area (Å²) in [5.74, 6) is -0.721. The summed E-state index contributed by atoms with van der Waals surface area (Å²) < 4.78 is 42.3. The lowest BCUT2D eigenvalue weighted by Gasteiger charge is -2.32. The van der Waals surface area contributed by atoms with Crippen LogP contribution in [0.15, 0.2) is 41.4 Å². The van der Waals surface area contributed by atoms with Crippen LogP contribution in [-0.2, 0) is 35.1 Å². The first kappa shape index (κ1) is 44.6. The average molecular weight is 889 g/mol. The van der Waals surface area contributed by atoms with Crippen molar-refractivity contribution >= 4 is 55.5 Å². The molecule has 1 saturated carbocycles. The van der Waals surface area contributed by atoms with E-state index in [1.165, 1.54) is 6.92 Å². The van der Waals surface area contributed by atoms with Gasteiger partial charge in [-0.15, -0.1) is 0 Å². The first-order chi connectivity index (χ1) is 27.0. The molecule has 4 heterocycles. The van der Waals surface area contributed by atoms with Gasteiger partial charge in [-0.2, -0.15) is 14.7 Å². The fourth-order valence-corrected chi connectivity index (χ4v) is 9.06. The van der Waals surface area contributed by atoms with Gasteiger partial charge in [0.05, 0.1) is 41.4 Å². The van der Waals surface area contributed by atoms with Crippen LogP contribution in [0.1, 0.15) is 51.1 Å². The molecule has 0 amide bonds. The molecule has 1 unspecified atom stereocenters. The van der Waals surface area contributed by atoms with Crippen molar-refractivity contribution < 1.29 is 32.9 Å². The number of aromatic nitrogens is 6. The largest absolute Gasteiger partial charge is 0.464 e. The van der Waals surface area contributed by atoms with Crippen LogP contribution >= 0.6 is 15.9 Å². The van der Waals surface area contributed by atoms with Crippen molar-refractivity contribution in [2.24, 2.45) is 5.92 Å². The molecule has 0 aromatic carbocycles. The van der Waals surface area contributed by atoms with Crippen molar-refractivity contribution in [3.8, 4) is 22.4 Å². The molecule has 1 aliphatic rings. The molecule has 1 aliphatic carbocycles. The lowest BCUT2D eigenvalue weighted by atomic mass is 9.78. The molecule has 0 aliphatic heterocycles. The van der Waals surface area contributed by atoms with Crippen molar-refractivity contribution in [3.05, 3.63) is 47.1 Å². The maximum Gasteiger partial charge on any atom is 0.341 e. The molecule has 0 bridgehead atoms. The van der Waals surface area contributed by atoms with Gasteiger partial charge in [0.1, 0.15) is 20.1 Å². The van der Waals surface area contributed by atoms with Crippen molar-refractivity contribution in [1.82, 2.24) is 29.4 Å². The molecule has 5 rings (SSSR count). The number of esters is 2. The molecular formula is C40H59BrFN7O6Si2. The van der Waals surface area contributed by atoms with Gasteiger partial charge in [0.15, 0.2) is 17.6 Å². The minimum atomic E-state index is -1.63. The second-order valence-electron chi connectivity index (χ2n) is 17.2. The zero-order valence-corrected chi connectivity index (χ0v) is 38.3. The molecule has 1 atom stereocenters. The number of anilines is 1. The normalized spacial score (nSPS) is 16.8. The molecule has 312 valence electrons. The van der Waals surface area contributed by atoms with E-state index >= 15 is 4.39 Å². The third kappa shape index (κ3) is 12.5. The van der Waals surface area contributed by atoms with E-state index < -0.39 is 34.2 Å². The fraction of sp³-hybridized carbons (Fsp3) is 0.600. The van der Waals surface area contributed by atoms with E-state index in [4.69, 9.17) is 34.0 Å². The van der Waals surface area contributed by atoms with Crippen molar-refractivity contribution in [2.75, 3.05) is 44.8 Å². The highest BCUT2D eigenvalue weighted by Gasteiger charge is 2.36. The van der Waals surface area contributed by atoms with E-state index in [2.05, 4.69) is 65.2 Å². The third-order valence-corrected chi connectivity index (χ3v) is 14.3. The number of halogens is 2. The summed E-state index contributed by atoms with van der Waals surface area (Å²) in [4.78, 5) is 35.6. The minimum absolute atomic E-state index is 0.0110. The van der Waals surface area contributed by atoms with E-state index in [1.807, 2.05) is 35.2 Å². The first-order valence-electron chi connectivity index (χ1n) is 20.0.